The van der Waals surface area contributed by atoms with Crippen molar-refractivity contribution in [3.63, 3.8) is 0 Å². The number of rotatable bonds is 5. The van der Waals surface area contributed by atoms with E-state index in [2.05, 4.69) is 76.9 Å². The number of hydrogen-bond acceptors (Lipinski definition) is 3. The van der Waals surface area contributed by atoms with Crippen LogP contribution in [0.25, 0.3) is 0 Å². The van der Waals surface area contributed by atoms with Crippen LogP contribution in [0.1, 0.15) is 12.5 Å². The quantitative estimate of drug-likeness (QED) is 0.429. The highest BCUT2D eigenvalue weighted by Crippen LogP contribution is 2.44. The van der Waals surface area contributed by atoms with Gasteiger partial charge in [0, 0.05) is 5.30 Å². The summed E-state index contributed by atoms with van der Waals surface area (Å²) in [6.45, 7) is 2.13. The molecule has 0 saturated carbocycles. The minimum Gasteiger partial charge on any atom is -0.431 e. The zero-order chi connectivity index (χ0) is 16.3. The third-order valence-corrected chi connectivity index (χ3v) is 8.76. The van der Waals surface area contributed by atoms with E-state index in [4.69, 9.17) is 16.3 Å². The number of nitrogens with one attached hydrogen (secondary N) is 1. The summed E-state index contributed by atoms with van der Waals surface area (Å²) in [5, 5.41) is 4.13. The highest BCUT2D eigenvalue weighted by atomic mass is 79.9. The SMILES string of the molecule is CCc1ccc(P(=S)(NC)Oc2nc(Br)c(Br)cc2Br)cc1. The molecule has 0 amide bonds. The van der Waals surface area contributed by atoms with Crippen molar-refractivity contribution in [3.05, 3.63) is 49.4 Å². The summed E-state index contributed by atoms with van der Waals surface area (Å²) < 4.78 is 8.35. The topological polar surface area (TPSA) is 34.1 Å². The molecule has 0 spiro atoms. The second-order valence-corrected chi connectivity index (χ2v) is 10.7. The van der Waals surface area contributed by atoms with Crippen molar-refractivity contribution in [2.24, 2.45) is 0 Å². The summed E-state index contributed by atoms with van der Waals surface area (Å²) >= 11 is 16.0. The molecule has 1 heterocycles. The van der Waals surface area contributed by atoms with Gasteiger partial charge in [0.15, 0.2) is 0 Å². The van der Waals surface area contributed by atoms with Crippen molar-refractivity contribution in [3.8, 4) is 5.88 Å². The molecule has 2 aromatic rings. The normalized spacial score (nSPS) is 13.7. The molecule has 1 aromatic heterocycles. The average Bonchev–Trinajstić information content (AvgIpc) is 2.52. The monoisotopic (exact) mass is 526 g/mol. The predicted octanol–water partition coefficient (Wildman–Crippen LogP) is 5.16. The van der Waals surface area contributed by atoms with Gasteiger partial charge in [-0.25, -0.2) is 4.98 Å². The van der Waals surface area contributed by atoms with E-state index in [9.17, 15) is 0 Å². The maximum absolute atomic E-state index is 6.08. The van der Waals surface area contributed by atoms with Crippen LogP contribution in [0.4, 0.5) is 0 Å². The van der Waals surface area contributed by atoms with Crippen molar-refractivity contribution in [1.82, 2.24) is 10.1 Å². The first-order valence-corrected chi connectivity index (χ1v) is 11.6. The lowest BCUT2D eigenvalue weighted by Crippen LogP contribution is -2.20. The largest absolute Gasteiger partial charge is 0.431 e. The lowest BCUT2D eigenvalue weighted by Gasteiger charge is -2.23. The Morgan fingerprint density at radius 1 is 1.18 bits per heavy atom. The fourth-order valence-electron chi connectivity index (χ4n) is 1.77. The number of aryl methyl sites for hydroxylation is 1. The number of hydrogen-bond donors (Lipinski definition) is 1. The van der Waals surface area contributed by atoms with E-state index < -0.39 is 6.42 Å². The molecule has 0 aliphatic carbocycles. The van der Waals surface area contributed by atoms with Crippen molar-refractivity contribution in [1.29, 1.82) is 0 Å². The summed E-state index contributed by atoms with van der Waals surface area (Å²) in [5.41, 5.74) is 1.27. The lowest BCUT2D eigenvalue weighted by atomic mass is 10.2. The summed E-state index contributed by atoms with van der Waals surface area (Å²) in [6, 6.07) is 10.1. The molecule has 0 aliphatic rings. The van der Waals surface area contributed by atoms with Gasteiger partial charge in [0.2, 0.25) is 12.3 Å². The first-order valence-electron chi connectivity index (χ1n) is 6.49. The molecule has 1 N–H and O–H groups in total. The van der Waals surface area contributed by atoms with Gasteiger partial charge in [0.05, 0.1) is 8.95 Å². The van der Waals surface area contributed by atoms with Crippen molar-refractivity contribution in [2.75, 3.05) is 7.05 Å². The van der Waals surface area contributed by atoms with E-state index in [1.807, 2.05) is 25.2 Å². The van der Waals surface area contributed by atoms with Crippen LogP contribution in [-0.2, 0) is 18.2 Å². The van der Waals surface area contributed by atoms with E-state index in [1.165, 1.54) is 5.56 Å². The Morgan fingerprint density at radius 3 is 2.36 bits per heavy atom. The van der Waals surface area contributed by atoms with Crippen LogP contribution in [-0.4, -0.2) is 12.0 Å². The molecule has 2 rings (SSSR count). The smallest absolute Gasteiger partial charge is 0.234 e. The van der Waals surface area contributed by atoms with Gasteiger partial charge >= 0.3 is 0 Å². The first-order chi connectivity index (χ1) is 10.4. The fraction of sp³-hybridized carbons (Fsp3) is 0.214. The van der Waals surface area contributed by atoms with E-state index in [0.29, 0.717) is 10.5 Å². The summed E-state index contributed by atoms with van der Waals surface area (Å²) in [7, 11) is 1.82. The number of benzene rings is 1. The first kappa shape index (κ1) is 18.6. The summed E-state index contributed by atoms with van der Waals surface area (Å²) in [5.74, 6) is 0.465. The van der Waals surface area contributed by atoms with Gasteiger partial charge < -0.3 is 4.52 Å². The van der Waals surface area contributed by atoms with Crippen LogP contribution in [0, 0.1) is 0 Å². The van der Waals surface area contributed by atoms with Crippen LogP contribution < -0.4 is 14.9 Å². The molecular weight excluding hydrogens is 515 g/mol. The minimum atomic E-state index is -2.41. The zero-order valence-electron chi connectivity index (χ0n) is 11.9. The molecule has 8 heteroatoms. The molecule has 3 nitrogen and oxygen atoms in total. The summed E-state index contributed by atoms with van der Waals surface area (Å²) in [4.78, 5) is 4.39. The van der Waals surface area contributed by atoms with E-state index in [0.717, 1.165) is 20.7 Å². The Labute approximate surface area is 160 Å². The standard InChI is InChI=1S/C14H14Br3N2OPS/c1-3-9-4-6-10(7-5-9)21(22,18-2)20-14-12(16)8-11(15)13(17)19-14/h4-8H,3H2,1-2H3,(H,18,22). The highest BCUT2D eigenvalue weighted by Gasteiger charge is 2.23. The average molecular weight is 529 g/mol. The second-order valence-electron chi connectivity index (χ2n) is 4.43. The minimum absolute atomic E-state index is 0.465. The molecule has 0 radical (unpaired) electrons. The van der Waals surface area contributed by atoms with Crippen molar-refractivity contribution >= 4 is 71.3 Å². The van der Waals surface area contributed by atoms with Crippen molar-refractivity contribution < 1.29 is 4.52 Å². The molecule has 0 bridgehead atoms. The molecule has 118 valence electrons. The number of pyridine rings is 1. The Kier molecular flexibility index (Phi) is 6.63. The molecule has 0 aliphatic heterocycles. The Hall–Kier alpha value is 0.220. The molecule has 1 atom stereocenters. The van der Waals surface area contributed by atoms with Gasteiger partial charge in [-0.3, -0.25) is 5.09 Å². The van der Waals surface area contributed by atoms with E-state index in [-0.39, 0.29) is 0 Å². The fourth-order valence-corrected chi connectivity index (χ4v) is 5.15. The number of aromatic nitrogens is 1. The molecular formula is C14H14Br3N2OPS. The number of halogens is 3. The number of nitrogens with zero attached hydrogens (tertiary/aromatic N) is 1. The Balaban J connectivity index is 2.38. The maximum Gasteiger partial charge on any atom is 0.234 e. The maximum atomic E-state index is 6.08. The predicted molar refractivity (Wildman–Crippen MR) is 107 cm³/mol. The van der Waals surface area contributed by atoms with Crippen LogP contribution >= 0.6 is 54.2 Å². The van der Waals surface area contributed by atoms with Gasteiger partial charge in [-0.2, -0.15) is 0 Å². The van der Waals surface area contributed by atoms with Crippen LogP contribution in [0.3, 0.4) is 0 Å². The third kappa shape index (κ3) is 4.19. The van der Waals surface area contributed by atoms with E-state index in [1.54, 1.807) is 0 Å². The van der Waals surface area contributed by atoms with E-state index >= 15 is 0 Å². The van der Waals surface area contributed by atoms with Gasteiger partial charge in [-0.15, -0.1) is 0 Å². The molecule has 0 saturated heterocycles. The Morgan fingerprint density at radius 2 is 1.82 bits per heavy atom. The van der Waals surface area contributed by atoms with Gasteiger partial charge in [-0.1, -0.05) is 19.1 Å². The van der Waals surface area contributed by atoms with Crippen molar-refractivity contribution in [2.45, 2.75) is 13.3 Å². The van der Waals surface area contributed by atoms with Gasteiger partial charge in [0.1, 0.15) is 4.60 Å². The molecule has 1 unspecified atom stereocenters. The van der Waals surface area contributed by atoms with Crippen LogP contribution in [0.5, 0.6) is 5.88 Å². The molecule has 22 heavy (non-hydrogen) atoms. The van der Waals surface area contributed by atoms with Gasteiger partial charge in [0.25, 0.3) is 0 Å². The molecule has 1 aromatic carbocycles. The lowest BCUT2D eigenvalue weighted by molar-refractivity contribution is 0.577. The zero-order valence-corrected chi connectivity index (χ0v) is 18.4. The Bertz CT molecular complexity index is 725. The van der Waals surface area contributed by atoms with Gasteiger partial charge in [-0.05, 0) is 96.8 Å². The second kappa shape index (κ2) is 7.86. The van der Waals surface area contributed by atoms with Crippen LogP contribution in [0.2, 0.25) is 0 Å². The molecule has 0 fully saturated rings. The third-order valence-electron chi connectivity index (χ3n) is 3.05. The van der Waals surface area contributed by atoms with Crippen LogP contribution in [0.15, 0.2) is 43.9 Å². The summed E-state index contributed by atoms with van der Waals surface area (Å²) in [6.07, 6.45) is -1.42. The highest BCUT2D eigenvalue weighted by molar-refractivity contribution is 9.13.